The van der Waals surface area contributed by atoms with Gasteiger partial charge in [0, 0.05) is 18.3 Å². The molecule has 7 nitrogen and oxygen atoms in total. The normalized spacial score (nSPS) is 11.1. The van der Waals surface area contributed by atoms with E-state index in [9.17, 15) is 18.5 Å². The summed E-state index contributed by atoms with van der Waals surface area (Å²) in [6.07, 6.45) is 1.34. The van der Waals surface area contributed by atoms with E-state index in [2.05, 4.69) is 4.98 Å². The number of pyridine rings is 1. The fourth-order valence-electron chi connectivity index (χ4n) is 1.35. The number of benzene rings is 1. The number of rotatable bonds is 4. The van der Waals surface area contributed by atoms with Gasteiger partial charge in [-0.15, -0.1) is 0 Å². The minimum absolute atomic E-state index is 0.0597. The van der Waals surface area contributed by atoms with Crippen molar-refractivity contribution >= 4 is 27.4 Å². The summed E-state index contributed by atoms with van der Waals surface area (Å²) in [5.74, 6) is -0.0597. The van der Waals surface area contributed by atoms with Crippen molar-refractivity contribution in [3.63, 3.8) is 0 Å². The van der Waals surface area contributed by atoms with Crippen molar-refractivity contribution in [2.24, 2.45) is 0 Å². The number of nitro benzene ring substituents is 1. The van der Waals surface area contributed by atoms with Crippen LogP contribution in [-0.2, 0) is 10.1 Å². The van der Waals surface area contributed by atoms with Crippen LogP contribution in [0.15, 0.2) is 47.5 Å². The Hall–Kier alpha value is -2.19. The van der Waals surface area contributed by atoms with Crippen molar-refractivity contribution in [3.05, 3.63) is 57.9 Å². The monoisotopic (exact) mass is 314 g/mol. The molecule has 0 spiro atoms. The van der Waals surface area contributed by atoms with Crippen molar-refractivity contribution in [2.45, 2.75) is 4.90 Å². The van der Waals surface area contributed by atoms with Crippen molar-refractivity contribution in [1.82, 2.24) is 4.98 Å². The van der Waals surface area contributed by atoms with Gasteiger partial charge in [0.2, 0.25) is 0 Å². The summed E-state index contributed by atoms with van der Waals surface area (Å²) in [7, 11) is -4.14. The molecule has 0 fully saturated rings. The number of non-ortho nitro benzene ring substituents is 1. The topological polar surface area (TPSA) is 99.4 Å². The molecule has 9 heteroatoms. The molecule has 1 aromatic carbocycles. The molecule has 2 rings (SSSR count). The maximum atomic E-state index is 12.0. The van der Waals surface area contributed by atoms with Crippen LogP contribution < -0.4 is 4.18 Å². The molecule has 0 saturated carbocycles. The van der Waals surface area contributed by atoms with Gasteiger partial charge in [0.25, 0.3) is 5.69 Å². The highest BCUT2D eigenvalue weighted by Gasteiger charge is 2.21. The Morgan fingerprint density at radius 1 is 1.20 bits per heavy atom. The molecule has 0 radical (unpaired) electrons. The Kier molecular flexibility index (Phi) is 3.86. The molecule has 104 valence electrons. The molecule has 0 bridgehead atoms. The average molecular weight is 315 g/mol. The second kappa shape index (κ2) is 5.43. The summed E-state index contributed by atoms with van der Waals surface area (Å²) >= 11 is 5.68. The third-order valence-electron chi connectivity index (χ3n) is 2.25. The number of nitrogens with zero attached hydrogens (tertiary/aromatic N) is 2. The van der Waals surface area contributed by atoms with Crippen LogP contribution in [0.3, 0.4) is 0 Å². The van der Waals surface area contributed by atoms with Crippen molar-refractivity contribution < 1.29 is 17.5 Å². The summed E-state index contributed by atoms with van der Waals surface area (Å²) in [4.78, 5) is 13.2. The van der Waals surface area contributed by atoms with Crippen LogP contribution in [0.25, 0.3) is 0 Å². The Balaban J connectivity index is 2.29. The molecule has 0 aliphatic carbocycles. The molecule has 0 saturated heterocycles. The van der Waals surface area contributed by atoms with Crippen LogP contribution in [0.2, 0.25) is 5.15 Å². The van der Waals surface area contributed by atoms with E-state index in [0.717, 1.165) is 12.1 Å². The lowest BCUT2D eigenvalue weighted by molar-refractivity contribution is -0.384. The van der Waals surface area contributed by atoms with Crippen molar-refractivity contribution in [2.75, 3.05) is 0 Å². The first-order valence-electron chi connectivity index (χ1n) is 5.19. The maximum Gasteiger partial charge on any atom is 0.342 e. The summed E-state index contributed by atoms with van der Waals surface area (Å²) in [6.45, 7) is 0. The lowest BCUT2D eigenvalue weighted by Crippen LogP contribution is -2.10. The number of hydrogen-bond acceptors (Lipinski definition) is 6. The lowest BCUT2D eigenvalue weighted by Gasteiger charge is -2.07. The zero-order valence-electron chi connectivity index (χ0n) is 9.76. The smallest absolute Gasteiger partial charge is 0.342 e. The Bertz CT molecular complexity index is 746. The highest BCUT2D eigenvalue weighted by Crippen LogP contribution is 2.24. The predicted octanol–water partition coefficient (Wildman–Crippen LogP) is 2.41. The average Bonchev–Trinajstić information content (AvgIpc) is 2.39. The first-order chi connectivity index (χ1) is 9.40. The Morgan fingerprint density at radius 2 is 1.85 bits per heavy atom. The van der Waals surface area contributed by atoms with Gasteiger partial charge in [-0.3, -0.25) is 10.1 Å². The van der Waals surface area contributed by atoms with Gasteiger partial charge in [-0.2, -0.15) is 8.42 Å². The van der Waals surface area contributed by atoms with Crippen LogP contribution >= 0.6 is 11.6 Å². The largest absolute Gasteiger partial charge is 0.379 e. The molecule has 0 aliphatic rings. The van der Waals surface area contributed by atoms with Gasteiger partial charge in [-0.05, 0) is 24.3 Å². The van der Waals surface area contributed by atoms with E-state index in [-0.39, 0.29) is 21.5 Å². The van der Waals surface area contributed by atoms with Crippen LogP contribution in [0.4, 0.5) is 5.69 Å². The van der Waals surface area contributed by atoms with E-state index in [4.69, 9.17) is 15.8 Å². The van der Waals surface area contributed by atoms with E-state index < -0.39 is 15.0 Å². The molecule has 1 aromatic heterocycles. The summed E-state index contributed by atoms with van der Waals surface area (Å²) in [5.41, 5.74) is -0.172. The lowest BCUT2D eigenvalue weighted by atomic mass is 10.3. The predicted molar refractivity (Wildman–Crippen MR) is 70.2 cm³/mol. The maximum absolute atomic E-state index is 12.0. The molecule has 1 heterocycles. The number of nitro groups is 1. The fraction of sp³-hybridized carbons (Fsp3) is 0. The van der Waals surface area contributed by atoms with E-state index >= 15 is 0 Å². The van der Waals surface area contributed by atoms with Gasteiger partial charge in [0.05, 0.1) is 4.92 Å². The van der Waals surface area contributed by atoms with E-state index in [1.807, 2.05) is 0 Å². The summed E-state index contributed by atoms with van der Waals surface area (Å²) in [5, 5.41) is 10.3. The Labute approximate surface area is 119 Å². The van der Waals surface area contributed by atoms with Crippen LogP contribution in [0, 0.1) is 10.1 Å². The summed E-state index contributed by atoms with van der Waals surface area (Å²) in [6, 6.07) is 7.28. The first-order valence-corrected chi connectivity index (χ1v) is 6.98. The van der Waals surface area contributed by atoms with Crippen molar-refractivity contribution in [1.29, 1.82) is 0 Å². The zero-order valence-corrected chi connectivity index (χ0v) is 11.3. The molecule has 0 aliphatic heterocycles. The fourth-order valence-corrected chi connectivity index (χ4v) is 2.71. The van der Waals surface area contributed by atoms with Gasteiger partial charge in [-0.25, -0.2) is 4.98 Å². The molecule has 0 amide bonds. The van der Waals surface area contributed by atoms with Gasteiger partial charge in [0.1, 0.15) is 10.6 Å². The second-order valence-electron chi connectivity index (χ2n) is 3.58. The Morgan fingerprint density at radius 3 is 2.40 bits per heavy atom. The SMILES string of the molecule is O=[N+]([O-])c1ccc(OS(=O)(=O)c2cccnc2Cl)cc1. The van der Waals surface area contributed by atoms with Gasteiger partial charge >= 0.3 is 10.1 Å². The van der Waals surface area contributed by atoms with Crippen LogP contribution in [-0.4, -0.2) is 18.3 Å². The van der Waals surface area contributed by atoms with Gasteiger partial charge in [-0.1, -0.05) is 11.6 Å². The highest BCUT2D eigenvalue weighted by molar-refractivity contribution is 7.87. The van der Waals surface area contributed by atoms with E-state index in [0.29, 0.717) is 0 Å². The molecule has 0 unspecified atom stereocenters. The molecular weight excluding hydrogens is 308 g/mol. The number of hydrogen-bond donors (Lipinski definition) is 0. The molecule has 20 heavy (non-hydrogen) atoms. The summed E-state index contributed by atoms with van der Waals surface area (Å²) < 4.78 is 28.7. The molecule has 0 N–H and O–H groups in total. The molecule has 2 aromatic rings. The molecular formula is C11H7ClN2O5S. The van der Waals surface area contributed by atoms with Crippen LogP contribution in [0.1, 0.15) is 0 Å². The minimum Gasteiger partial charge on any atom is -0.379 e. The standard InChI is InChI=1S/C11H7ClN2O5S/c12-11-10(2-1-7-13-11)20(17,18)19-9-5-3-8(4-6-9)14(15)16/h1-7H. The number of halogens is 1. The van der Waals surface area contributed by atoms with Crippen molar-refractivity contribution in [3.8, 4) is 5.75 Å². The third-order valence-corrected chi connectivity index (χ3v) is 3.94. The second-order valence-corrected chi connectivity index (χ2v) is 5.45. The minimum atomic E-state index is -4.14. The van der Waals surface area contributed by atoms with Gasteiger partial charge in [0.15, 0.2) is 5.15 Å². The first kappa shape index (κ1) is 14.2. The van der Waals surface area contributed by atoms with Crippen LogP contribution in [0.5, 0.6) is 5.75 Å². The molecule has 0 atom stereocenters. The van der Waals surface area contributed by atoms with Gasteiger partial charge < -0.3 is 4.18 Å². The quantitative estimate of drug-likeness (QED) is 0.372. The van der Waals surface area contributed by atoms with E-state index in [1.54, 1.807) is 0 Å². The highest BCUT2D eigenvalue weighted by atomic mass is 35.5. The third kappa shape index (κ3) is 3.03. The van der Waals surface area contributed by atoms with E-state index in [1.165, 1.54) is 30.5 Å². The number of aromatic nitrogens is 1. The zero-order chi connectivity index (χ0) is 14.8.